The minimum absolute atomic E-state index is 0.0491. The molecule has 0 unspecified atom stereocenters. The van der Waals surface area contributed by atoms with Crippen molar-refractivity contribution >= 4 is 40.6 Å². The first-order valence-electron chi connectivity index (χ1n) is 7.18. The molecule has 2 N–H and O–H groups in total. The molecule has 8 heteroatoms. The number of thioether (sulfide) groups is 1. The number of nitro benzene ring substituents is 1. The molecular formula is C16H16ClN3O3S. The number of hydrogen-bond acceptors (Lipinski definition) is 5. The lowest BCUT2D eigenvalue weighted by molar-refractivity contribution is -0.384. The zero-order chi connectivity index (χ0) is 17.4. The number of hydrogen-bond donors (Lipinski definition) is 2. The Hall–Kier alpha value is -2.25. The normalized spacial score (nSPS) is 10.2. The number of carbonyl (C=O) groups excluding carboxylic acids is 1. The van der Waals surface area contributed by atoms with E-state index in [1.165, 1.54) is 23.9 Å². The second-order valence-electron chi connectivity index (χ2n) is 4.82. The summed E-state index contributed by atoms with van der Waals surface area (Å²) in [5.41, 5.74) is 0.818. The third kappa shape index (κ3) is 6.10. The van der Waals surface area contributed by atoms with Crippen molar-refractivity contribution in [1.82, 2.24) is 5.32 Å². The van der Waals surface area contributed by atoms with E-state index in [4.69, 9.17) is 11.6 Å². The summed E-state index contributed by atoms with van der Waals surface area (Å²) >= 11 is 7.25. The van der Waals surface area contributed by atoms with Crippen LogP contribution in [0.15, 0.2) is 53.4 Å². The Bertz CT molecular complexity index is 693. The maximum Gasteiger partial charge on any atom is 0.269 e. The van der Waals surface area contributed by atoms with Gasteiger partial charge in [-0.1, -0.05) is 11.6 Å². The van der Waals surface area contributed by atoms with Gasteiger partial charge in [-0.3, -0.25) is 14.9 Å². The molecule has 1 amide bonds. The van der Waals surface area contributed by atoms with Crippen molar-refractivity contribution in [3.05, 3.63) is 63.7 Å². The molecule has 0 aliphatic carbocycles. The molecule has 0 saturated heterocycles. The van der Waals surface area contributed by atoms with Crippen LogP contribution in [-0.4, -0.2) is 29.7 Å². The van der Waals surface area contributed by atoms with Gasteiger partial charge in [-0.2, -0.15) is 0 Å². The highest BCUT2D eigenvalue weighted by atomic mass is 35.5. The molecule has 24 heavy (non-hydrogen) atoms. The molecule has 6 nitrogen and oxygen atoms in total. The summed E-state index contributed by atoms with van der Waals surface area (Å²) in [5, 5.41) is 17.1. The third-order valence-electron chi connectivity index (χ3n) is 3.04. The Morgan fingerprint density at radius 2 is 1.75 bits per heavy atom. The summed E-state index contributed by atoms with van der Waals surface area (Å²) < 4.78 is 0. The topological polar surface area (TPSA) is 84.3 Å². The van der Waals surface area contributed by atoms with Crippen LogP contribution < -0.4 is 10.6 Å². The molecule has 0 bridgehead atoms. The van der Waals surface area contributed by atoms with Crippen LogP contribution in [0, 0.1) is 10.1 Å². The Labute approximate surface area is 148 Å². The van der Waals surface area contributed by atoms with Gasteiger partial charge in [-0.05, 0) is 36.4 Å². The summed E-state index contributed by atoms with van der Waals surface area (Å²) in [6.45, 7) is 1.01. The predicted octanol–water partition coefficient (Wildman–Crippen LogP) is 3.57. The van der Waals surface area contributed by atoms with Crippen LogP contribution >= 0.6 is 23.4 Å². The molecule has 0 aliphatic rings. The van der Waals surface area contributed by atoms with Crippen molar-refractivity contribution < 1.29 is 9.72 Å². The van der Waals surface area contributed by atoms with Crippen LogP contribution in [0.1, 0.15) is 0 Å². The minimum Gasteiger partial charge on any atom is -0.383 e. The molecule has 2 rings (SSSR count). The summed E-state index contributed by atoms with van der Waals surface area (Å²) in [7, 11) is 0. The van der Waals surface area contributed by atoms with E-state index >= 15 is 0 Å². The van der Waals surface area contributed by atoms with Gasteiger partial charge in [0.15, 0.2) is 0 Å². The fraction of sp³-hybridized carbons (Fsp3) is 0.188. The first-order valence-corrected chi connectivity index (χ1v) is 8.54. The molecule has 0 saturated carbocycles. The fourth-order valence-corrected chi connectivity index (χ4v) is 2.69. The first kappa shape index (κ1) is 18.1. The number of carbonyl (C=O) groups is 1. The van der Waals surface area contributed by atoms with Gasteiger partial charge in [0.1, 0.15) is 0 Å². The molecule has 0 radical (unpaired) electrons. The van der Waals surface area contributed by atoms with E-state index in [9.17, 15) is 14.9 Å². The fourth-order valence-electron chi connectivity index (χ4n) is 1.84. The highest BCUT2D eigenvalue weighted by Crippen LogP contribution is 2.20. The molecule has 0 aromatic heterocycles. The van der Waals surface area contributed by atoms with E-state index in [2.05, 4.69) is 10.6 Å². The molecule has 0 spiro atoms. The van der Waals surface area contributed by atoms with Crippen molar-refractivity contribution in [2.45, 2.75) is 4.90 Å². The van der Waals surface area contributed by atoms with Gasteiger partial charge >= 0.3 is 0 Å². The summed E-state index contributed by atoms with van der Waals surface area (Å²) in [6.07, 6.45) is 0. The second-order valence-corrected chi connectivity index (χ2v) is 6.31. The third-order valence-corrected chi connectivity index (χ3v) is 4.30. The lowest BCUT2D eigenvalue weighted by atomic mass is 10.3. The van der Waals surface area contributed by atoms with E-state index in [1.54, 1.807) is 24.3 Å². The minimum atomic E-state index is -0.442. The average Bonchev–Trinajstić information content (AvgIpc) is 2.58. The van der Waals surface area contributed by atoms with Gasteiger partial charge in [0.25, 0.3) is 5.69 Å². The van der Waals surface area contributed by atoms with Crippen LogP contribution in [0.25, 0.3) is 0 Å². The van der Waals surface area contributed by atoms with Crippen LogP contribution in [0.2, 0.25) is 5.02 Å². The van der Waals surface area contributed by atoms with Gasteiger partial charge in [0, 0.05) is 40.8 Å². The monoisotopic (exact) mass is 365 g/mol. The van der Waals surface area contributed by atoms with Gasteiger partial charge in [-0.15, -0.1) is 11.8 Å². The zero-order valence-electron chi connectivity index (χ0n) is 12.7. The molecular weight excluding hydrogens is 350 g/mol. The molecule has 126 valence electrons. The van der Waals surface area contributed by atoms with Crippen LogP contribution in [0.5, 0.6) is 0 Å². The lowest BCUT2D eigenvalue weighted by Crippen LogP contribution is -2.30. The maximum atomic E-state index is 11.8. The summed E-state index contributed by atoms with van der Waals surface area (Å²) in [6, 6.07) is 13.5. The van der Waals surface area contributed by atoms with E-state index < -0.39 is 4.92 Å². The smallest absolute Gasteiger partial charge is 0.269 e. The number of non-ortho nitro benzene ring substituents is 1. The number of benzene rings is 2. The van der Waals surface area contributed by atoms with Crippen molar-refractivity contribution in [3.63, 3.8) is 0 Å². The average molecular weight is 366 g/mol. The molecule has 0 aliphatic heterocycles. The molecule has 0 atom stereocenters. The predicted molar refractivity (Wildman–Crippen MR) is 96.8 cm³/mol. The number of nitrogens with one attached hydrogen (secondary N) is 2. The number of anilines is 1. The van der Waals surface area contributed by atoms with Crippen molar-refractivity contribution in [2.75, 3.05) is 24.2 Å². The van der Waals surface area contributed by atoms with E-state index in [1.807, 2.05) is 12.1 Å². The number of amides is 1. The van der Waals surface area contributed by atoms with E-state index in [0.29, 0.717) is 23.9 Å². The quantitative estimate of drug-likeness (QED) is 0.323. The number of halogens is 1. The van der Waals surface area contributed by atoms with Crippen molar-refractivity contribution in [1.29, 1.82) is 0 Å². The number of nitro groups is 1. The van der Waals surface area contributed by atoms with Crippen LogP contribution in [0.4, 0.5) is 11.4 Å². The lowest BCUT2D eigenvalue weighted by Gasteiger charge is -2.08. The standard InChI is InChI=1S/C16H16ClN3O3S/c17-12-1-7-15(8-2-12)24-11-16(21)19-10-9-18-13-3-5-14(6-4-13)20(22)23/h1-8,18H,9-11H2,(H,19,21). The first-order chi connectivity index (χ1) is 11.5. The van der Waals surface area contributed by atoms with Crippen LogP contribution in [-0.2, 0) is 4.79 Å². The highest BCUT2D eigenvalue weighted by Gasteiger charge is 2.04. The van der Waals surface area contributed by atoms with Gasteiger partial charge in [0.2, 0.25) is 5.91 Å². The van der Waals surface area contributed by atoms with Gasteiger partial charge < -0.3 is 10.6 Å². The molecule has 2 aromatic carbocycles. The maximum absolute atomic E-state index is 11.8. The second kappa shape index (κ2) is 9.14. The zero-order valence-corrected chi connectivity index (χ0v) is 14.3. The largest absolute Gasteiger partial charge is 0.383 e. The van der Waals surface area contributed by atoms with E-state index in [0.717, 1.165) is 10.6 Å². The summed E-state index contributed by atoms with van der Waals surface area (Å²) in [4.78, 5) is 22.9. The Morgan fingerprint density at radius 1 is 1.08 bits per heavy atom. The Kier molecular flexibility index (Phi) is 6.89. The molecule has 0 fully saturated rings. The van der Waals surface area contributed by atoms with Crippen molar-refractivity contribution in [3.8, 4) is 0 Å². The van der Waals surface area contributed by atoms with Crippen molar-refractivity contribution in [2.24, 2.45) is 0 Å². The number of nitrogens with zero attached hydrogens (tertiary/aromatic N) is 1. The van der Waals surface area contributed by atoms with Gasteiger partial charge in [0.05, 0.1) is 10.7 Å². The van der Waals surface area contributed by atoms with E-state index in [-0.39, 0.29) is 11.6 Å². The Morgan fingerprint density at radius 3 is 2.38 bits per heavy atom. The molecule has 2 aromatic rings. The SMILES string of the molecule is O=C(CSc1ccc(Cl)cc1)NCCNc1ccc([N+](=O)[O-])cc1. The van der Waals surface area contributed by atoms with Crippen LogP contribution in [0.3, 0.4) is 0 Å². The highest BCUT2D eigenvalue weighted by molar-refractivity contribution is 8.00. The number of rotatable bonds is 8. The van der Waals surface area contributed by atoms with Gasteiger partial charge in [-0.25, -0.2) is 0 Å². The Balaban J connectivity index is 1.63. The molecule has 0 heterocycles. The summed E-state index contributed by atoms with van der Waals surface area (Å²) in [5.74, 6) is 0.277.